The molecule has 0 saturated carbocycles. The highest BCUT2D eigenvalue weighted by molar-refractivity contribution is 5.98. The summed E-state index contributed by atoms with van der Waals surface area (Å²) < 4.78 is 4.50. The fourth-order valence-electron chi connectivity index (χ4n) is 1.24. The number of hydrogen-bond donors (Lipinski definition) is 2. The molecule has 72 valence electrons. The number of aromatic amines is 1. The van der Waals surface area contributed by atoms with E-state index in [-0.39, 0.29) is 0 Å². The second-order valence-electron chi connectivity index (χ2n) is 2.75. The predicted molar refractivity (Wildman–Crippen MR) is 52.1 cm³/mol. The highest BCUT2D eigenvalue weighted by Crippen LogP contribution is 2.20. The molecule has 0 fully saturated rings. The molecule has 2 N–H and O–H groups in total. The summed E-state index contributed by atoms with van der Waals surface area (Å²) in [6.45, 7) is 0. The van der Waals surface area contributed by atoms with Crippen molar-refractivity contribution >= 4 is 22.7 Å². The standard InChI is InChI=1S/C9H9N3O2/c1-14-9(13)11-7-3-2-4-8-6(7)5-10-12-8/h2-5H,1H3,(H,10,12)(H,11,13). The molecule has 1 aromatic carbocycles. The lowest BCUT2D eigenvalue weighted by Crippen LogP contribution is -2.10. The first-order valence-electron chi connectivity index (χ1n) is 4.08. The lowest BCUT2D eigenvalue weighted by Gasteiger charge is -2.03. The zero-order valence-corrected chi connectivity index (χ0v) is 7.57. The van der Waals surface area contributed by atoms with E-state index < -0.39 is 6.09 Å². The number of amides is 1. The van der Waals surface area contributed by atoms with Crippen LogP contribution in [0, 0.1) is 0 Å². The van der Waals surface area contributed by atoms with Crippen molar-refractivity contribution in [1.29, 1.82) is 0 Å². The molecule has 0 aliphatic rings. The van der Waals surface area contributed by atoms with E-state index in [4.69, 9.17) is 0 Å². The Morgan fingerprint density at radius 3 is 3.21 bits per heavy atom. The van der Waals surface area contributed by atoms with Gasteiger partial charge in [-0.1, -0.05) is 6.07 Å². The summed E-state index contributed by atoms with van der Waals surface area (Å²) in [6.07, 6.45) is 1.17. The topological polar surface area (TPSA) is 67.0 Å². The summed E-state index contributed by atoms with van der Waals surface area (Å²) in [5.41, 5.74) is 1.56. The van der Waals surface area contributed by atoms with Crippen molar-refractivity contribution in [2.75, 3.05) is 12.4 Å². The number of fused-ring (bicyclic) bond motifs is 1. The van der Waals surface area contributed by atoms with Gasteiger partial charge in [-0.15, -0.1) is 0 Å². The molecule has 2 aromatic rings. The number of ether oxygens (including phenoxy) is 1. The number of H-pyrrole nitrogens is 1. The molecule has 0 aliphatic carbocycles. The maximum atomic E-state index is 11.0. The molecule has 0 bridgehead atoms. The van der Waals surface area contributed by atoms with Gasteiger partial charge in [-0.2, -0.15) is 5.10 Å². The minimum atomic E-state index is -0.487. The Balaban J connectivity index is 2.41. The number of carbonyl (C=O) groups excluding carboxylic acids is 1. The predicted octanol–water partition coefficient (Wildman–Crippen LogP) is 1.74. The van der Waals surface area contributed by atoms with E-state index >= 15 is 0 Å². The molecule has 0 saturated heterocycles. The average Bonchev–Trinajstić information content (AvgIpc) is 2.66. The van der Waals surface area contributed by atoms with Crippen LogP contribution in [0.25, 0.3) is 10.9 Å². The van der Waals surface area contributed by atoms with Crippen LogP contribution in [-0.4, -0.2) is 23.4 Å². The molecule has 1 amide bonds. The van der Waals surface area contributed by atoms with Gasteiger partial charge in [0, 0.05) is 5.39 Å². The smallest absolute Gasteiger partial charge is 0.411 e. The summed E-state index contributed by atoms with van der Waals surface area (Å²) in [5.74, 6) is 0. The Morgan fingerprint density at radius 1 is 1.57 bits per heavy atom. The van der Waals surface area contributed by atoms with Crippen molar-refractivity contribution in [2.24, 2.45) is 0 Å². The van der Waals surface area contributed by atoms with Crippen LogP contribution in [0.5, 0.6) is 0 Å². The number of hydrogen-bond acceptors (Lipinski definition) is 3. The number of anilines is 1. The summed E-state index contributed by atoms with van der Waals surface area (Å²) in [5, 5.41) is 10.1. The third-order valence-electron chi connectivity index (χ3n) is 1.91. The largest absolute Gasteiger partial charge is 0.453 e. The number of methoxy groups -OCH3 is 1. The van der Waals surface area contributed by atoms with Gasteiger partial charge in [0.25, 0.3) is 0 Å². The van der Waals surface area contributed by atoms with Crippen LogP contribution in [0.1, 0.15) is 0 Å². The van der Waals surface area contributed by atoms with E-state index in [0.717, 1.165) is 10.9 Å². The number of carbonyl (C=O) groups is 1. The van der Waals surface area contributed by atoms with Gasteiger partial charge < -0.3 is 4.74 Å². The van der Waals surface area contributed by atoms with Crippen LogP contribution in [0.4, 0.5) is 10.5 Å². The molecule has 2 rings (SSSR count). The average molecular weight is 191 g/mol. The van der Waals surface area contributed by atoms with Gasteiger partial charge in [0.2, 0.25) is 0 Å². The second-order valence-corrected chi connectivity index (χ2v) is 2.75. The van der Waals surface area contributed by atoms with E-state index in [0.29, 0.717) is 5.69 Å². The molecule has 0 radical (unpaired) electrons. The van der Waals surface area contributed by atoms with Crippen LogP contribution >= 0.6 is 0 Å². The molecule has 0 atom stereocenters. The van der Waals surface area contributed by atoms with Crippen molar-refractivity contribution in [1.82, 2.24) is 10.2 Å². The summed E-state index contributed by atoms with van der Waals surface area (Å²) in [6, 6.07) is 5.49. The Labute approximate surface area is 80.1 Å². The first-order valence-corrected chi connectivity index (χ1v) is 4.08. The van der Waals surface area contributed by atoms with E-state index in [9.17, 15) is 4.79 Å². The van der Waals surface area contributed by atoms with E-state index in [1.165, 1.54) is 7.11 Å². The number of benzene rings is 1. The van der Waals surface area contributed by atoms with Gasteiger partial charge in [-0.25, -0.2) is 4.79 Å². The van der Waals surface area contributed by atoms with Gasteiger partial charge in [0.15, 0.2) is 0 Å². The zero-order chi connectivity index (χ0) is 9.97. The van der Waals surface area contributed by atoms with Crippen LogP contribution < -0.4 is 5.32 Å². The number of nitrogens with zero attached hydrogens (tertiary/aromatic N) is 1. The molecular weight excluding hydrogens is 182 g/mol. The van der Waals surface area contributed by atoms with Gasteiger partial charge in [-0.05, 0) is 12.1 Å². The second kappa shape index (κ2) is 3.37. The SMILES string of the molecule is COC(=O)Nc1cccc2[nH]ncc12. The highest BCUT2D eigenvalue weighted by Gasteiger charge is 2.05. The maximum absolute atomic E-state index is 11.0. The van der Waals surface area contributed by atoms with E-state index in [1.54, 1.807) is 12.3 Å². The van der Waals surface area contributed by atoms with E-state index in [1.807, 2.05) is 12.1 Å². The lowest BCUT2D eigenvalue weighted by molar-refractivity contribution is 0.187. The monoisotopic (exact) mass is 191 g/mol. The highest BCUT2D eigenvalue weighted by atomic mass is 16.5. The Kier molecular flexibility index (Phi) is 2.06. The zero-order valence-electron chi connectivity index (χ0n) is 7.57. The number of nitrogens with one attached hydrogen (secondary N) is 2. The maximum Gasteiger partial charge on any atom is 0.411 e. The Morgan fingerprint density at radius 2 is 2.43 bits per heavy atom. The van der Waals surface area contributed by atoms with Gasteiger partial charge in [-0.3, -0.25) is 10.4 Å². The fourth-order valence-corrected chi connectivity index (χ4v) is 1.24. The molecule has 1 aromatic heterocycles. The molecule has 5 heteroatoms. The molecule has 1 heterocycles. The normalized spacial score (nSPS) is 10.1. The van der Waals surface area contributed by atoms with E-state index in [2.05, 4.69) is 20.3 Å². The third-order valence-corrected chi connectivity index (χ3v) is 1.91. The number of aromatic nitrogens is 2. The minimum Gasteiger partial charge on any atom is -0.453 e. The molecule has 0 aliphatic heterocycles. The summed E-state index contributed by atoms with van der Waals surface area (Å²) >= 11 is 0. The summed E-state index contributed by atoms with van der Waals surface area (Å²) in [7, 11) is 1.32. The van der Waals surface area contributed by atoms with Crippen molar-refractivity contribution in [2.45, 2.75) is 0 Å². The van der Waals surface area contributed by atoms with Gasteiger partial charge in [0.1, 0.15) is 0 Å². The molecule has 5 nitrogen and oxygen atoms in total. The van der Waals surface area contributed by atoms with Crippen LogP contribution in [-0.2, 0) is 4.74 Å². The third kappa shape index (κ3) is 1.39. The first-order chi connectivity index (χ1) is 6.81. The van der Waals surface area contributed by atoms with Gasteiger partial charge in [0.05, 0.1) is 24.5 Å². The molecule has 0 unspecified atom stereocenters. The Bertz CT molecular complexity index is 464. The molecule has 14 heavy (non-hydrogen) atoms. The fraction of sp³-hybridized carbons (Fsp3) is 0.111. The molecule has 0 spiro atoms. The van der Waals surface area contributed by atoms with Crippen molar-refractivity contribution in [3.8, 4) is 0 Å². The summed E-state index contributed by atoms with van der Waals surface area (Å²) in [4.78, 5) is 11.0. The van der Waals surface area contributed by atoms with Crippen molar-refractivity contribution in [3.63, 3.8) is 0 Å². The number of rotatable bonds is 1. The first kappa shape index (κ1) is 8.55. The lowest BCUT2D eigenvalue weighted by atomic mass is 10.2. The van der Waals surface area contributed by atoms with Crippen LogP contribution in [0.15, 0.2) is 24.4 Å². The van der Waals surface area contributed by atoms with Crippen molar-refractivity contribution < 1.29 is 9.53 Å². The van der Waals surface area contributed by atoms with Crippen LogP contribution in [0.3, 0.4) is 0 Å². The van der Waals surface area contributed by atoms with Crippen LogP contribution in [0.2, 0.25) is 0 Å². The van der Waals surface area contributed by atoms with Crippen molar-refractivity contribution in [3.05, 3.63) is 24.4 Å². The molecular formula is C9H9N3O2. The quantitative estimate of drug-likeness (QED) is 0.721. The Hall–Kier alpha value is -2.04. The van der Waals surface area contributed by atoms with Gasteiger partial charge >= 0.3 is 6.09 Å². The minimum absolute atomic E-state index is 0.487.